The zero-order chi connectivity index (χ0) is 11.4. The predicted octanol–water partition coefficient (Wildman–Crippen LogP) is 1.24. The number of aromatic nitrogens is 1. The van der Waals surface area contributed by atoms with Gasteiger partial charge in [0.2, 0.25) is 5.88 Å². The monoisotopic (exact) mass is 221 g/mol. The number of ether oxygens (including phenoxy) is 2. The molecule has 16 heavy (non-hydrogen) atoms. The Balaban J connectivity index is 2.10. The molecule has 0 aliphatic carbocycles. The SMILES string of the molecule is COc1ncccc1CC1COCCC1=O. The van der Waals surface area contributed by atoms with Crippen LogP contribution in [0.2, 0.25) is 0 Å². The Morgan fingerprint density at radius 3 is 3.25 bits per heavy atom. The first-order valence-electron chi connectivity index (χ1n) is 5.39. The molecule has 86 valence electrons. The number of pyridine rings is 1. The van der Waals surface area contributed by atoms with Crippen LogP contribution >= 0.6 is 0 Å². The van der Waals surface area contributed by atoms with Gasteiger partial charge in [0.1, 0.15) is 5.78 Å². The molecule has 0 radical (unpaired) electrons. The third-order valence-electron chi connectivity index (χ3n) is 2.78. The first-order chi connectivity index (χ1) is 7.81. The minimum atomic E-state index is -0.0492. The molecular weight excluding hydrogens is 206 g/mol. The summed E-state index contributed by atoms with van der Waals surface area (Å²) in [6, 6.07) is 3.79. The zero-order valence-electron chi connectivity index (χ0n) is 9.31. The molecule has 0 saturated carbocycles. The molecule has 1 unspecified atom stereocenters. The minimum absolute atomic E-state index is 0.0492. The van der Waals surface area contributed by atoms with Crippen molar-refractivity contribution in [1.29, 1.82) is 0 Å². The summed E-state index contributed by atoms with van der Waals surface area (Å²) >= 11 is 0. The van der Waals surface area contributed by atoms with Crippen LogP contribution in [0.25, 0.3) is 0 Å². The summed E-state index contributed by atoms with van der Waals surface area (Å²) < 4.78 is 10.5. The zero-order valence-corrected chi connectivity index (χ0v) is 9.31. The quantitative estimate of drug-likeness (QED) is 0.770. The van der Waals surface area contributed by atoms with E-state index in [1.807, 2.05) is 12.1 Å². The summed E-state index contributed by atoms with van der Waals surface area (Å²) in [6.45, 7) is 1.07. The van der Waals surface area contributed by atoms with E-state index in [1.54, 1.807) is 13.3 Å². The summed E-state index contributed by atoms with van der Waals surface area (Å²) in [5.74, 6) is 0.824. The lowest BCUT2D eigenvalue weighted by molar-refractivity contribution is -0.130. The summed E-state index contributed by atoms with van der Waals surface area (Å²) in [5.41, 5.74) is 0.967. The average Bonchev–Trinajstić information content (AvgIpc) is 2.33. The van der Waals surface area contributed by atoms with E-state index >= 15 is 0 Å². The van der Waals surface area contributed by atoms with Crippen molar-refractivity contribution in [3.8, 4) is 5.88 Å². The van der Waals surface area contributed by atoms with Crippen LogP contribution in [0.1, 0.15) is 12.0 Å². The third-order valence-corrected chi connectivity index (χ3v) is 2.78. The highest BCUT2D eigenvalue weighted by atomic mass is 16.5. The first-order valence-corrected chi connectivity index (χ1v) is 5.39. The summed E-state index contributed by atoms with van der Waals surface area (Å²) in [6.07, 6.45) is 2.85. The minimum Gasteiger partial charge on any atom is -0.481 e. The Hall–Kier alpha value is -1.42. The molecule has 1 aliphatic heterocycles. The van der Waals surface area contributed by atoms with Gasteiger partial charge in [0.05, 0.1) is 20.3 Å². The van der Waals surface area contributed by atoms with Crippen LogP contribution in [0.4, 0.5) is 0 Å². The van der Waals surface area contributed by atoms with Crippen molar-refractivity contribution >= 4 is 5.78 Å². The highest BCUT2D eigenvalue weighted by Gasteiger charge is 2.24. The number of hydrogen-bond acceptors (Lipinski definition) is 4. The highest BCUT2D eigenvalue weighted by molar-refractivity contribution is 5.82. The predicted molar refractivity (Wildman–Crippen MR) is 58.4 cm³/mol. The highest BCUT2D eigenvalue weighted by Crippen LogP contribution is 2.21. The van der Waals surface area contributed by atoms with Crippen molar-refractivity contribution < 1.29 is 14.3 Å². The maximum atomic E-state index is 11.7. The van der Waals surface area contributed by atoms with Crippen molar-refractivity contribution in [2.45, 2.75) is 12.8 Å². The molecule has 2 rings (SSSR count). The Kier molecular flexibility index (Phi) is 3.51. The summed E-state index contributed by atoms with van der Waals surface area (Å²) in [4.78, 5) is 15.8. The van der Waals surface area contributed by atoms with Gasteiger partial charge in [-0.2, -0.15) is 0 Å². The molecule has 4 nitrogen and oxygen atoms in total. The maximum absolute atomic E-state index is 11.7. The van der Waals surface area contributed by atoms with Crippen LogP contribution in [0.3, 0.4) is 0 Å². The number of methoxy groups -OCH3 is 1. The van der Waals surface area contributed by atoms with E-state index in [-0.39, 0.29) is 11.7 Å². The van der Waals surface area contributed by atoms with Crippen molar-refractivity contribution in [2.75, 3.05) is 20.3 Å². The van der Waals surface area contributed by atoms with Gasteiger partial charge in [-0.15, -0.1) is 0 Å². The van der Waals surface area contributed by atoms with Gasteiger partial charge in [0.15, 0.2) is 0 Å². The number of Topliss-reactive ketones (excluding diaryl/α,β-unsaturated/α-hetero) is 1. The molecule has 2 heterocycles. The summed E-state index contributed by atoms with van der Waals surface area (Å²) in [5, 5.41) is 0. The van der Waals surface area contributed by atoms with E-state index < -0.39 is 0 Å². The number of nitrogens with zero attached hydrogens (tertiary/aromatic N) is 1. The van der Waals surface area contributed by atoms with Gasteiger partial charge in [0.25, 0.3) is 0 Å². The molecule has 0 bridgehead atoms. The van der Waals surface area contributed by atoms with Gasteiger partial charge in [-0.1, -0.05) is 6.07 Å². The van der Waals surface area contributed by atoms with E-state index in [0.29, 0.717) is 31.9 Å². The largest absolute Gasteiger partial charge is 0.481 e. The summed E-state index contributed by atoms with van der Waals surface area (Å²) in [7, 11) is 1.59. The van der Waals surface area contributed by atoms with E-state index in [1.165, 1.54) is 0 Å². The molecule has 1 saturated heterocycles. The fourth-order valence-electron chi connectivity index (χ4n) is 1.90. The Bertz CT molecular complexity index is 378. The maximum Gasteiger partial charge on any atom is 0.216 e. The Morgan fingerprint density at radius 1 is 1.62 bits per heavy atom. The molecular formula is C12H15NO3. The van der Waals surface area contributed by atoms with Crippen LogP contribution in [0.5, 0.6) is 5.88 Å². The van der Waals surface area contributed by atoms with E-state index in [4.69, 9.17) is 9.47 Å². The molecule has 1 atom stereocenters. The van der Waals surface area contributed by atoms with Gasteiger partial charge in [-0.3, -0.25) is 4.79 Å². The Morgan fingerprint density at radius 2 is 2.50 bits per heavy atom. The van der Waals surface area contributed by atoms with Gasteiger partial charge >= 0.3 is 0 Å². The molecule has 1 aromatic heterocycles. The second-order valence-electron chi connectivity index (χ2n) is 3.86. The van der Waals surface area contributed by atoms with Crippen LogP contribution in [-0.4, -0.2) is 31.1 Å². The van der Waals surface area contributed by atoms with E-state index in [2.05, 4.69) is 4.98 Å². The number of rotatable bonds is 3. The Labute approximate surface area is 94.6 Å². The fourth-order valence-corrected chi connectivity index (χ4v) is 1.90. The second-order valence-corrected chi connectivity index (χ2v) is 3.86. The van der Waals surface area contributed by atoms with Crippen LogP contribution in [0, 0.1) is 5.92 Å². The van der Waals surface area contributed by atoms with Crippen LogP contribution in [0.15, 0.2) is 18.3 Å². The fraction of sp³-hybridized carbons (Fsp3) is 0.500. The molecule has 1 aliphatic rings. The van der Waals surface area contributed by atoms with E-state index in [9.17, 15) is 4.79 Å². The van der Waals surface area contributed by atoms with Crippen molar-refractivity contribution in [3.63, 3.8) is 0 Å². The number of hydrogen-bond donors (Lipinski definition) is 0. The molecule has 1 fully saturated rings. The smallest absolute Gasteiger partial charge is 0.216 e. The average molecular weight is 221 g/mol. The van der Waals surface area contributed by atoms with Crippen LogP contribution < -0.4 is 4.74 Å². The van der Waals surface area contributed by atoms with Crippen molar-refractivity contribution in [2.24, 2.45) is 5.92 Å². The normalized spacial score (nSPS) is 20.8. The van der Waals surface area contributed by atoms with Crippen LogP contribution in [-0.2, 0) is 16.0 Å². The van der Waals surface area contributed by atoms with E-state index in [0.717, 1.165) is 5.56 Å². The van der Waals surface area contributed by atoms with Gasteiger partial charge in [0, 0.05) is 24.1 Å². The molecule has 0 aromatic carbocycles. The standard InChI is InChI=1S/C12H15NO3/c1-15-12-9(3-2-5-13-12)7-10-8-16-6-4-11(10)14/h2-3,5,10H,4,6-8H2,1H3. The molecule has 0 spiro atoms. The molecule has 0 amide bonds. The van der Waals surface area contributed by atoms with Crippen molar-refractivity contribution in [1.82, 2.24) is 4.98 Å². The second kappa shape index (κ2) is 5.07. The number of ketones is 1. The molecule has 4 heteroatoms. The van der Waals surface area contributed by atoms with Crippen molar-refractivity contribution in [3.05, 3.63) is 23.9 Å². The van der Waals surface area contributed by atoms with Gasteiger partial charge in [-0.05, 0) is 12.5 Å². The first kappa shape index (κ1) is 11.1. The van der Waals surface area contributed by atoms with Gasteiger partial charge < -0.3 is 9.47 Å². The lowest BCUT2D eigenvalue weighted by Gasteiger charge is -2.21. The lowest BCUT2D eigenvalue weighted by Crippen LogP contribution is -2.29. The molecule has 1 aromatic rings. The molecule has 0 N–H and O–H groups in total. The van der Waals surface area contributed by atoms with Gasteiger partial charge in [-0.25, -0.2) is 4.98 Å². The number of carbonyl (C=O) groups excluding carboxylic acids is 1. The number of carbonyl (C=O) groups is 1. The lowest BCUT2D eigenvalue weighted by atomic mass is 9.93. The third kappa shape index (κ3) is 2.39. The topological polar surface area (TPSA) is 48.4 Å².